The van der Waals surface area contributed by atoms with Crippen LogP contribution in [0.25, 0.3) is 0 Å². The fourth-order valence-corrected chi connectivity index (χ4v) is 2.27. The van der Waals surface area contributed by atoms with Gasteiger partial charge in [-0.3, -0.25) is 4.21 Å². The molecule has 4 heteroatoms. The van der Waals surface area contributed by atoms with E-state index in [1.54, 1.807) is 0 Å². The van der Waals surface area contributed by atoms with E-state index in [2.05, 4.69) is 4.72 Å². The Morgan fingerprint density at radius 1 is 1.46 bits per heavy atom. The molecule has 0 spiro atoms. The number of aryl methyl sites for hydroxylation is 1. The molecule has 70 valence electrons. The molecule has 0 amide bonds. The maximum atomic E-state index is 10.5. The second-order valence-corrected chi connectivity index (χ2v) is 3.85. The Morgan fingerprint density at radius 2 is 2.23 bits per heavy atom. The van der Waals surface area contributed by atoms with Crippen LogP contribution in [0.3, 0.4) is 0 Å². The second-order valence-electron chi connectivity index (χ2n) is 3.14. The van der Waals surface area contributed by atoms with Crippen LogP contribution in [-0.4, -0.2) is 8.76 Å². The zero-order valence-corrected chi connectivity index (χ0v) is 7.84. The van der Waals surface area contributed by atoms with Crippen molar-refractivity contribution in [1.29, 1.82) is 0 Å². The number of hydrogen-bond donors (Lipinski definition) is 1. The van der Waals surface area contributed by atoms with E-state index in [0.29, 0.717) is 0 Å². The molecule has 3 nitrogen and oxygen atoms in total. The van der Waals surface area contributed by atoms with Gasteiger partial charge in [0.15, 0.2) is 0 Å². The van der Waals surface area contributed by atoms with Gasteiger partial charge in [-0.2, -0.15) is 0 Å². The van der Waals surface area contributed by atoms with E-state index in [4.69, 9.17) is 0 Å². The molecule has 2 rings (SSSR count). The van der Waals surface area contributed by atoms with Crippen LogP contribution in [0.2, 0.25) is 0 Å². The molecule has 1 N–H and O–H groups in total. The molecule has 0 fully saturated rings. The van der Waals surface area contributed by atoms with Crippen LogP contribution in [0.5, 0.6) is 0 Å². The highest BCUT2D eigenvalue weighted by atomic mass is 32.2. The minimum atomic E-state index is -2.16. The van der Waals surface area contributed by atoms with E-state index >= 15 is 0 Å². The molecule has 1 aromatic carbocycles. The lowest BCUT2D eigenvalue weighted by molar-refractivity contribution is 0.504. The van der Waals surface area contributed by atoms with Gasteiger partial charge in [0.05, 0.1) is 0 Å². The molecule has 13 heavy (non-hydrogen) atoms. The van der Waals surface area contributed by atoms with Gasteiger partial charge in [0.1, 0.15) is 0 Å². The van der Waals surface area contributed by atoms with Crippen LogP contribution in [0.15, 0.2) is 24.3 Å². The molecule has 2 unspecified atom stereocenters. The van der Waals surface area contributed by atoms with Gasteiger partial charge in [-0.1, -0.05) is 24.3 Å². The van der Waals surface area contributed by atoms with Crippen molar-refractivity contribution in [2.75, 3.05) is 0 Å². The Balaban J connectivity index is 2.23. The first kappa shape index (κ1) is 8.87. The average Bonchev–Trinajstić information content (AvgIpc) is 2.48. The summed E-state index contributed by atoms with van der Waals surface area (Å²) in [5.41, 5.74) is 2.37. The number of fused-ring (bicyclic) bond motifs is 1. The summed E-state index contributed by atoms with van der Waals surface area (Å²) >= 11 is -2.16. The average molecular weight is 196 g/mol. The second kappa shape index (κ2) is 3.57. The molecule has 0 bridgehead atoms. The lowest BCUT2D eigenvalue weighted by Gasteiger charge is -2.15. The Morgan fingerprint density at radius 3 is 3.00 bits per heavy atom. The van der Waals surface area contributed by atoms with Crippen LogP contribution < -0.4 is 4.72 Å². The van der Waals surface area contributed by atoms with Crippen LogP contribution in [0.1, 0.15) is 23.6 Å². The first-order valence-corrected chi connectivity index (χ1v) is 5.28. The van der Waals surface area contributed by atoms with E-state index < -0.39 is 11.3 Å². The van der Waals surface area contributed by atoms with E-state index in [0.717, 1.165) is 18.4 Å². The third-order valence-electron chi connectivity index (χ3n) is 2.37. The normalized spacial score (nSPS) is 22.7. The molecule has 1 aliphatic carbocycles. The Hall–Kier alpha value is -0.710. The fourth-order valence-electron chi connectivity index (χ4n) is 1.80. The largest absolute Gasteiger partial charge is 0.760 e. The fraction of sp³-hybridized carbons (Fsp3) is 0.333. The predicted octanol–water partition coefficient (Wildman–Crippen LogP) is 1.06. The molecular formula is C9H10NO2S-. The Kier molecular flexibility index (Phi) is 2.44. The molecule has 0 saturated heterocycles. The van der Waals surface area contributed by atoms with E-state index in [1.165, 1.54) is 5.56 Å². The Bertz CT molecular complexity index is 340. The summed E-state index contributed by atoms with van der Waals surface area (Å²) < 4.78 is 23.4. The summed E-state index contributed by atoms with van der Waals surface area (Å²) in [6, 6.07) is 7.93. The molecule has 0 heterocycles. The molecular weight excluding hydrogens is 186 g/mol. The summed E-state index contributed by atoms with van der Waals surface area (Å²) in [5.74, 6) is 0. The lowest BCUT2D eigenvalue weighted by atomic mass is 10.1. The standard InChI is InChI=1S/C9H11NO2S/c11-13(12)10-9-6-5-7-3-1-2-4-8(7)9/h1-4,9-10H,5-6H2,(H,11,12)/p-1. The van der Waals surface area contributed by atoms with Crippen molar-refractivity contribution in [2.45, 2.75) is 18.9 Å². The van der Waals surface area contributed by atoms with Gasteiger partial charge in [0, 0.05) is 17.3 Å². The molecule has 0 aliphatic heterocycles. The molecule has 2 atom stereocenters. The summed E-state index contributed by atoms with van der Waals surface area (Å²) in [7, 11) is 0. The van der Waals surface area contributed by atoms with Gasteiger partial charge in [0.25, 0.3) is 0 Å². The molecule has 1 aromatic rings. The zero-order valence-electron chi connectivity index (χ0n) is 7.03. The van der Waals surface area contributed by atoms with Crippen LogP contribution in [0, 0.1) is 0 Å². The maximum absolute atomic E-state index is 10.5. The van der Waals surface area contributed by atoms with Crippen molar-refractivity contribution in [3.63, 3.8) is 0 Å². The van der Waals surface area contributed by atoms with Gasteiger partial charge in [-0.05, 0) is 24.0 Å². The SMILES string of the molecule is O=S([O-])NC1CCc2ccccc21. The van der Waals surface area contributed by atoms with Gasteiger partial charge < -0.3 is 4.55 Å². The quantitative estimate of drug-likeness (QED) is 0.719. The van der Waals surface area contributed by atoms with Gasteiger partial charge in [0.2, 0.25) is 0 Å². The maximum Gasteiger partial charge on any atom is 0.0439 e. The minimum absolute atomic E-state index is 0.0190. The summed E-state index contributed by atoms with van der Waals surface area (Å²) in [4.78, 5) is 0. The first-order chi connectivity index (χ1) is 6.27. The van der Waals surface area contributed by atoms with Crippen molar-refractivity contribution < 1.29 is 8.76 Å². The van der Waals surface area contributed by atoms with Crippen molar-refractivity contribution >= 4 is 11.3 Å². The van der Waals surface area contributed by atoms with Crippen molar-refractivity contribution in [3.8, 4) is 0 Å². The van der Waals surface area contributed by atoms with Crippen molar-refractivity contribution in [1.82, 2.24) is 4.72 Å². The predicted molar refractivity (Wildman–Crippen MR) is 49.6 cm³/mol. The van der Waals surface area contributed by atoms with Crippen molar-refractivity contribution in [2.24, 2.45) is 0 Å². The first-order valence-electron chi connectivity index (χ1n) is 4.20. The lowest BCUT2D eigenvalue weighted by Crippen LogP contribution is -2.21. The summed E-state index contributed by atoms with van der Waals surface area (Å²) in [5, 5.41) is 0. The van der Waals surface area contributed by atoms with Gasteiger partial charge in [-0.25, -0.2) is 4.72 Å². The number of benzene rings is 1. The van der Waals surface area contributed by atoms with E-state index in [9.17, 15) is 8.76 Å². The zero-order chi connectivity index (χ0) is 9.26. The van der Waals surface area contributed by atoms with Gasteiger partial charge in [-0.15, -0.1) is 0 Å². The van der Waals surface area contributed by atoms with Crippen LogP contribution >= 0.6 is 0 Å². The molecule has 0 radical (unpaired) electrons. The molecule has 1 aliphatic rings. The third-order valence-corrected chi connectivity index (χ3v) is 2.85. The number of nitrogens with one attached hydrogen (secondary N) is 1. The molecule has 0 saturated carbocycles. The summed E-state index contributed by atoms with van der Waals surface area (Å²) in [6.45, 7) is 0. The number of hydrogen-bond acceptors (Lipinski definition) is 2. The smallest absolute Gasteiger partial charge is 0.0439 e. The highest BCUT2D eigenvalue weighted by molar-refractivity contribution is 7.77. The van der Waals surface area contributed by atoms with Crippen LogP contribution in [-0.2, 0) is 17.7 Å². The van der Waals surface area contributed by atoms with E-state index in [1.807, 2.05) is 24.3 Å². The molecule has 0 aromatic heterocycles. The third kappa shape index (κ3) is 1.80. The highest BCUT2D eigenvalue weighted by Crippen LogP contribution is 2.30. The van der Waals surface area contributed by atoms with Gasteiger partial charge >= 0.3 is 0 Å². The monoisotopic (exact) mass is 196 g/mol. The highest BCUT2D eigenvalue weighted by Gasteiger charge is 2.20. The topological polar surface area (TPSA) is 52.2 Å². The Labute approximate surface area is 79.6 Å². The van der Waals surface area contributed by atoms with E-state index in [-0.39, 0.29) is 6.04 Å². The number of rotatable bonds is 2. The minimum Gasteiger partial charge on any atom is -0.760 e. The van der Waals surface area contributed by atoms with Crippen LogP contribution in [0.4, 0.5) is 0 Å². The van der Waals surface area contributed by atoms with Crippen molar-refractivity contribution in [3.05, 3.63) is 35.4 Å². The summed E-state index contributed by atoms with van der Waals surface area (Å²) in [6.07, 6.45) is 1.83.